The number of hydrogen-bond donors (Lipinski definition) is 4. The van der Waals surface area contributed by atoms with Crippen LogP contribution in [0.1, 0.15) is 36.8 Å². The molecule has 9 nitrogen and oxygen atoms in total. The molecule has 2 amide bonds. The second-order valence-electron chi connectivity index (χ2n) is 8.34. The van der Waals surface area contributed by atoms with E-state index in [2.05, 4.69) is 37.9 Å². The highest BCUT2D eigenvalue weighted by atomic mass is 16.2. The molecule has 3 aromatic rings. The summed E-state index contributed by atoms with van der Waals surface area (Å²) in [5, 5.41) is 13.6. The molecule has 32 heavy (non-hydrogen) atoms. The molecule has 1 aliphatic rings. The number of benzene rings is 1. The summed E-state index contributed by atoms with van der Waals surface area (Å²) in [5.41, 5.74) is 9.90. The number of carbonyl (C=O) groups is 1. The van der Waals surface area contributed by atoms with Crippen LogP contribution < -0.4 is 21.7 Å². The van der Waals surface area contributed by atoms with Crippen molar-refractivity contribution in [2.45, 2.75) is 51.2 Å². The van der Waals surface area contributed by atoms with E-state index in [4.69, 9.17) is 5.73 Å². The van der Waals surface area contributed by atoms with Gasteiger partial charge in [0.1, 0.15) is 5.82 Å². The minimum Gasteiger partial charge on any atom is -0.383 e. The fraction of sp³-hybridized carbons (Fsp3) is 0.391. The number of hydrogen-bond acceptors (Lipinski definition) is 6. The fourth-order valence-corrected chi connectivity index (χ4v) is 3.91. The van der Waals surface area contributed by atoms with Gasteiger partial charge in [0.15, 0.2) is 0 Å². The monoisotopic (exact) mass is 434 g/mol. The van der Waals surface area contributed by atoms with Crippen LogP contribution in [0.4, 0.5) is 16.6 Å². The smallest absolute Gasteiger partial charge is 0.315 e. The van der Waals surface area contributed by atoms with Gasteiger partial charge in [-0.2, -0.15) is 5.10 Å². The number of nitrogens with two attached hydrogens (primary N) is 1. The highest BCUT2D eigenvalue weighted by Crippen LogP contribution is 2.25. The quantitative estimate of drug-likeness (QED) is 0.473. The number of urea groups is 1. The van der Waals surface area contributed by atoms with Gasteiger partial charge in [-0.15, -0.1) is 0 Å². The first kappa shape index (κ1) is 21.6. The maximum absolute atomic E-state index is 12.3. The standard InChI is InChI=1S/C23H30N8O/c1-15-3-5-16(6-4-15)13-26-23(32)29-18-9-7-17(8-10-18)28-22-25-12-11-20(30-22)19-14-27-31(2)21(19)24/h3-6,11-12,14,17-18H,7-10,13,24H2,1-2H3,(H,25,28,30)(H2,26,29,32). The second kappa shape index (κ2) is 9.67. The summed E-state index contributed by atoms with van der Waals surface area (Å²) >= 11 is 0. The van der Waals surface area contributed by atoms with Crippen molar-refractivity contribution in [3.8, 4) is 11.3 Å². The van der Waals surface area contributed by atoms with Gasteiger partial charge in [-0.05, 0) is 44.2 Å². The predicted octanol–water partition coefficient (Wildman–Crippen LogP) is 2.99. The largest absolute Gasteiger partial charge is 0.383 e. The number of aromatic nitrogens is 4. The molecule has 0 radical (unpaired) electrons. The molecule has 1 saturated carbocycles. The molecule has 0 aliphatic heterocycles. The topological polar surface area (TPSA) is 123 Å². The maximum atomic E-state index is 12.3. The van der Waals surface area contributed by atoms with E-state index in [1.807, 2.05) is 30.3 Å². The van der Waals surface area contributed by atoms with E-state index in [0.717, 1.165) is 42.5 Å². The molecule has 0 unspecified atom stereocenters. The van der Waals surface area contributed by atoms with Crippen molar-refractivity contribution in [1.29, 1.82) is 0 Å². The lowest BCUT2D eigenvalue weighted by Gasteiger charge is -2.29. The summed E-state index contributed by atoms with van der Waals surface area (Å²) in [6.07, 6.45) is 7.12. The molecule has 1 aliphatic carbocycles. The Kier molecular flexibility index (Phi) is 6.53. The Morgan fingerprint density at radius 1 is 1.12 bits per heavy atom. The van der Waals surface area contributed by atoms with Crippen LogP contribution in [0.3, 0.4) is 0 Å². The molecule has 9 heteroatoms. The summed E-state index contributed by atoms with van der Waals surface area (Å²) in [6, 6.07) is 10.3. The average molecular weight is 435 g/mol. The van der Waals surface area contributed by atoms with Gasteiger partial charge in [-0.1, -0.05) is 29.8 Å². The predicted molar refractivity (Wildman–Crippen MR) is 125 cm³/mol. The van der Waals surface area contributed by atoms with Gasteiger partial charge in [0.05, 0.1) is 17.5 Å². The zero-order valence-corrected chi connectivity index (χ0v) is 18.5. The highest BCUT2D eigenvalue weighted by molar-refractivity contribution is 5.74. The van der Waals surface area contributed by atoms with Gasteiger partial charge in [-0.3, -0.25) is 4.68 Å². The van der Waals surface area contributed by atoms with Crippen molar-refractivity contribution in [2.24, 2.45) is 7.05 Å². The van der Waals surface area contributed by atoms with Crippen molar-refractivity contribution < 1.29 is 4.79 Å². The van der Waals surface area contributed by atoms with Crippen molar-refractivity contribution in [3.05, 3.63) is 53.9 Å². The fourth-order valence-electron chi connectivity index (χ4n) is 3.91. The number of carbonyl (C=O) groups excluding carboxylic acids is 1. The molecule has 0 spiro atoms. The van der Waals surface area contributed by atoms with Gasteiger partial charge in [0.25, 0.3) is 0 Å². The Morgan fingerprint density at radius 3 is 2.53 bits per heavy atom. The van der Waals surface area contributed by atoms with Crippen LogP contribution in [0.25, 0.3) is 11.3 Å². The lowest BCUT2D eigenvalue weighted by molar-refractivity contribution is 0.231. The summed E-state index contributed by atoms with van der Waals surface area (Å²) < 4.78 is 1.62. The molecular formula is C23H30N8O. The summed E-state index contributed by atoms with van der Waals surface area (Å²) in [4.78, 5) is 21.2. The second-order valence-corrected chi connectivity index (χ2v) is 8.34. The van der Waals surface area contributed by atoms with Crippen molar-refractivity contribution in [1.82, 2.24) is 30.4 Å². The first-order valence-electron chi connectivity index (χ1n) is 11.0. The minimum atomic E-state index is -0.118. The Hall–Kier alpha value is -3.62. The Balaban J connectivity index is 1.23. The van der Waals surface area contributed by atoms with Crippen LogP contribution in [0, 0.1) is 6.92 Å². The molecule has 0 atom stereocenters. The number of aryl methyl sites for hydroxylation is 2. The van der Waals surface area contributed by atoms with E-state index >= 15 is 0 Å². The van der Waals surface area contributed by atoms with Crippen LogP contribution >= 0.6 is 0 Å². The van der Waals surface area contributed by atoms with Crippen molar-refractivity contribution >= 4 is 17.8 Å². The SMILES string of the molecule is Cc1ccc(CNC(=O)NC2CCC(Nc3nccc(-c4cnn(C)c4N)n3)CC2)cc1. The van der Waals surface area contributed by atoms with E-state index in [0.29, 0.717) is 18.3 Å². The summed E-state index contributed by atoms with van der Waals surface area (Å²) in [6.45, 7) is 2.58. The van der Waals surface area contributed by atoms with E-state index in [-0.39, 0.29) is 18.1 Å². The number of nitrogens with one attached hydrogen (secondary N) is 3. The third-order valence-electron chi connectivity index (χ3n) is 5.89. The molecule has 2 heterocycles. The van der Waals surface area contributed by atoms with Crippen LogP contribution in [-0.4, -0.2) is 37.9 Å². The Labute approximate surface area is 187 Å². The van der Waals surface area contributed by atoms with Gasteiger partial charge in [-0.25, -0.2) is 14.8 Å². The van der Waals surface area contributed by atoms with E-state index in [9.17, 15) is 4.79 Å². The zero-order valence-electron chi connectivity index (χ0n) is 18.5. The number of nitrogen functional groups attached to an aromatic ring is 1. The summed E-state index contributed by atoms with van der Waals surface area (Å²) in [7, 11) is 1.80. The maximum Gasteiger partial charge on any atom is 0.315 e. The van der Waals surface area contributed by atoms with Crippen LogP contribution in [0.5, 0.6) is 0 Å². The third kappa shape index (κ3) is 5.35. The summed E-state index contributed by atoms with van der Waals surface area (Å²) in [5.74, 6) is 1.15. The average Bonchev–Trinajstić information content (AvgIpc) is 3.13. The van der Waals surface area contributed by atoms with Crippen LogP contribution in [0.2, 0.25) is 0 Å². The van der Waals surface area contributed by atoms with E-state index in [1.165, 1.54) is 5.56 Å². The molecule has 2 aromatic heterocycles. The van der Waals surface area contributed by atoms with Gasteiger partial charge in [0.2, 0.25) is 5.95 Å². The van der Waals surface area contributed by atoms with Gasteiger partial charge < -0.3 is 21.7 Å². The highest BCUT2D eigenvalue weighted by Gasteiger charge is 2.23. The van der Waals surface area contributed by atoms with Crippen LogP contribution in [-0.2, 0) is 13.6 Å². The number of anilines is 2. The van der Waals surface area contributed by atoms with Gasteiger partial charge in [0, 0.05) is 31.9 Å². The van der Waals surface area contributed by atoms with E-state index < -0.39 is 0 Å². The molecule has 1 aromatic carbocycles. The van der Waals surface area contributed by atoms with Gasteiger partial charge >= 0.3 is 6.03 Å². The minimum absolute atomic E-state index is 0.118. The molecule has 0 saturated heterocycles. The lowest BCUT2D eigenvalue weighted by Crippen LogP contribution is -2.44. The molecule has 5 N–H and O–H groups in total. The molecule has 0 bridgehead atoms. The van der Waals surface area contributed by atoms with E-state index in [1.54, 1.807) is 24.1 Å². The van der Waals surface area contributed by atoms with Crippen LogP contribution in [0.15, 0.2) is 42.7 Å². The Morgan fingerprint density at radius 2 is 1.84 bits per heavy atom. The molecule has 168 valence electrons. The first-order valence-corrected chi connectivity index (χ1v) is 11.0. The number of nitrogens with zero attached hydrogens (tertiary/aromatic N) is 4. The number of rotatable bonds is 6. The van der Waals surface area contributed by atoms with Crippen molar-refractivity contribution in [3.63, 3.8) is 0 Å². The lowest BCUT2D eigenvalue weighted by atomic mass is 9.91. The molecule has 1 fully saturated rings. The molecule has 4 rings (SSSR count). The molecular weight excluding hydrogens is 404 g/mol. The Bertz CT molecular complexity index is 1050. The number of amides is 2. The normalized spacial score (nSPS) is 18.2. The third-order valence-corrected chi connectivity index (χ3v) is 5.89. The van der Waals surface area contributed by atoms with Crippen molar-refractivity contribution in [2.75, 3.05) is 11.1 Å². The zero-order chi connectivity index (χ0) is 22.5. The first-order chi connectivity index (χ1) is 15.5.